The molecule has 0 radical (unpaired) electrons. The van der Waals surface area contributed by atoms with Crippen LogP contribution in [0.15, 0.2) is 0 Å². The van der Waals surface area contributed by atoms with E-state index in [0.717, 1.165) is 0 Å². The lowest BCUT2D eigenvalue weighted by atomic mass is 10.1. The maximum atomic E-state index is 10.8. The molecule has 3 atom stereocenters. The molecule has 0 heterocycles. The van der Waals surface area contributed by atoms with Gasteiger partial charge in [0, 0.05) is 5.75 Å². The van der Waals surface area contributed by atoms with Gasteiger partial charge in [0.25, 0.3) is 0 Å². The van der Waals surface area contributed by atoms with E-state index in [1.165, 1.54) is 11.8 Å². The highest BCUT2D eigenvalue weighted by Gasteiger charge is 2.23. The highest BCUT2D eigenvalue weighted by Crippen LogP contribution is 2.09. The highest BCUT2D eigenvalue weighted by atomic mass is 32.2. The Morgan fingerprint density at radius 1 is 1.29 bits per heavy atom. The van der Waals surface area contributed by atoms with Gasteiger partial charge in [-0.25, -0.2) is 0 Å². The Balaban J connectivity index is 3.75. The second-order valence-corrected chi connectivity index (χ2v) is 4.59. The van der Waals surface area contributed by atoms with Gasteiger partial charge in [-0.1, -0.05) is 0 Å². The minimum absolute atomic E-state index is 0.0687. The van der Waals surface area contributed by atoms with E-state index in [9.17, 15) is 19.8 Å². The molecule has 8 heteroatoms. The summed E-state index contributed by atoms with van der Waals surface area (Å²) < 4.78 is 0. The second kappa shape index (κ2) is 8.43. The van der Waals surface area contributed by atoms with Crippen LogP contribution in [-0.4, -0.2) is 68.5 Å². The Labute approximate surface area is 103 Å². The van der Waals surface area contributed by atoms with Crippen LogP contribution in [0.2, 0.25) is 0 Å². The predicted octanol–water partition coefficient (Wildman–Crippen LogP) is -2.20. The third kappa shape index (κ3) is 6.59. The number of aliphatic carboxylic acids is 1. The van der Waals surface area contributed by atoms with Crippen molar-refractivity contribution in [2.75, 3.05) is 18.1 Å². The maximum absolute atomic E-state index is 10.8. The molecule has 0 rings (SSSR count). The lowest BCUT2D eigenvalue weighted by molar-refractivity contribution is -0.138. The summed E-state index contributed by atoms with van der Waals surface area (Å²) in [4.78, 5) is 21.2. The molecule has 17 heavy (non-hydrogen) atoms. The summed E-state index contributed by atoms with van der Waals surface area (Å²) in [5.74, 6) is -1.48. The number of rotatable bonds is 9. The summed E-state index contributed by atoms with van der Waals surface area (Å²) in [7, 11) is 0. The summed E-state index contributed by atoms with van der Waals surface area (Å²) in [6.45, 7) is -0.827. The highest BCUT2D eigenvalue weighted by molar-refractivity contribution is 7.99. The quantitative estimate of drug-likeness (QED) is 0.296. The summed E-state index contributed by atoms with van der Waals surface area (Å²) in [6.07, 6.45) is -2.65. The predicted molar refractivity (Wildman–Crippen MR) is 61.7 cm³/mol. The van der Waals surface area contributed by atoms with Crippen LogP contribution >= 0.6 is 11.8 Å². The van der Waals surface area contributed by atoms with E-state index < -0.39 is 36.6 Å². The van der Waals surface area contributed by atoms with Gasteiger partial charge in [-0.15, -0.1) is 0 Å². The van der Waals surface area contributed by atoms with Gasteiger partial charge in [0.05, 0.1) is 6.10 Å². The average Bonchev–Trinajstić information content (AvgIpc) is 2.31. The molecule has 0 amide bonds. The molecule has 6 N–H and O–H groups in total. The zero-order valence-corrected chi connectivity index (χ0v) is 9.97. The number of aliphatic hydroxyl groups excluding tert-OH is 3. The fourth-order valence-corrected chi connectivity index (χ4v) is 1.95. The van der Waals surface area contributed by atoms with Gasteiger partial charge in [-0.05, 0) is 12.2 Å². The lowest BCUT2D eigenvalue weighted by Gasteiger charge is -2.15. The van der Waals surface area contributed by atoms with Gasteiger partial charge in [0.15, 0.2) is 5.78 Å². The third-order valence-corrected chi connectivity index (χ3v) is 3.13. The number of aliphatic hydroxyl groups is 3. The zero-order chi connectivity index (χ0) is 13.4. The Kier molecular flexibility index (Phi) is 8.09. The molecule has 7 nitrogen and oxygen atoms in total. The van der Waals surface area contributed by atoms with Crippen molar-refractivity contribution in [3.05, 3.63) is 0 Å². The normalized spacial score (nSPS) is 16.2. The van der Waals surface area contributed by atoms with E-state index in [-0.39, 0.29) is 12.2 Å². The van der Waals surface area contributed by atoms with Crippen molar-refractivity contribution >= 4 is 23.5 Å². The molecule has 0 aliphatic heterocycles. The van der Waals surface area contributed by atoms with E-state index in [1.54, 1.807) is 0 Å². The van der Waals surface area contributed by atoms with Crippen LogP contribution in [0.25, 0.3) is 0 Å². The smallest absolute Gasteiger partial charge is 0.320 e. The Hall–Kier alpha value is -0.670. The molecule has 3 unspecified atom stereocenters. The van der Waals surface area contributed by atoms with Crippen molar-refractivity contribution in [1.82, 2.24) is 0 Å². The minimum atomic E-state index is -1.61. The van der Waals surface area contributed by atoms with Crippen molar-refractivity contribution in [2.24, 2.45) is 5.73 Å². The molecule has 0 saturated heterocycles. The van der Waals surface area contributed by atoms with Crippen LogP contribution in [0.1, 0.15) is 6.42 Å². The minimum Gasteiger partial charge on any atom is -0.480 e. The first-order valence-electron chi connectivity index (χ1n) is 4.96. The van der Waals surface area contributed by atoms with Crippen molar-refractivity contribution in [1.29, 1.82) is 0 Å². The number of carbonyl (C=O) groups is 2. The zero-order valence-electron chi connectivity index (χ0n) is 9.15. The number of carboxylic acids is 1. The van der Waals surface area contributed by atoms with Crippen LogP contribution in [0.5, 0.6) is 0 Å². The first kappa shape index (κ1) is 16.3. The van der Waals surface area contributed by atoms with Crippen molar-refractivity contribution in [2.45, 2.75) is 24.7 Å². The topological polar surface area (TPSA) is 141 Å². The van der Waals surface area contributed by atoms with Crippen LogP contribution in [0.4, 0.5) is 0 Å². The fraction of sp³-hybridized carbons (Fsp3) is 0.778. The Morgan fingerprint density at radius 2 is 1.88 bits per heavy atom. The van der Waals surface area contributed by atoms with Gasteiger partial charge in [0.2, 0.25) is 0 Å². The largest absolute Gasteiger partial charge is 0.480 e. The van der Waals surface area contributed by atoms with Gasteiger partial charge >= 0.3 is 5.97 Å². The maximum Gasteiger partial charge on any atom is 0.320 e. The molecule has 0 fully saturated rings. The molecule has 0 bridgehead atoms. The number of ketones is 1. The van der Waals surface area contributed by atoms with Crippen LogP contribution < -0.4 is 5.73 Å². The monoisotopic (exact) mass is 267 g/mol. The number of hydrogen-bond donors (Lipinski definition) is 5. The molecule has 0 saturated carbocycles. The SMILES string of the molecule is NC(CCSCC(O)C(O)C(=O)CO)C(=O)O. The van der Waals surface area contributed by atoms with E-state index in [4.69, 9.17) is 15.9 Å². The number of Topliss-reactive ketones (excluding diaryl/α,β-unsaturated/α-hetero) is 1. The van der Waals surface area contributed by atoms with Gasteiger partial charge < -0.3 is 26.2 Å². The van der Waals surface area contributed by atoms with Crippen LogP contribution in [0.3, 0.4) is 0 Å². The van der Waals surface area contributed by atoms with E-state index in [2.05, 4.69) is 0 Å². The Morgan fingerprint density at radius 3 is 2.35 bits per heavy atom. The molecule has 0 aromatic carbocycles. The molecule has 0 aromatic rings. The standard InChI is InChI=1S/C9H17NO6S/c10-5(9(15)16)1-2-17-4-7(13)8(14)6(12)3-11/h5,7-8,11,13-14H,1-4,10H2,(H,15,16). The summed E-state index contributed by atoms with van der Waals surface area (Å²) in [5, 5.41) is 35.5. The van der Waals surface area contributed by atoms with E-state index >= 15 is 0 Å². The molecular weight excluding hydrogens is 250 g/mol. The van der Waals surface area contributed by atoms with E-state index in [1.807, 2.05) is 0 Å². The fourth-order valence-electron chi connectivity index (χ4n) is 0.937. The number of carboxylic acid groups (broad SMARTS) is 1. The second-order valence-electron chi connectivity index (χ2n) is 3.44. The van der Waals surface area contributed by atoms with Gasteiger partial charge in [-0.2, -0.15) is 11.8 Å². The Bertz CT molecular complexity index is 262. The first-order valence-corrected chi connectivity index (χ1v) is 6.11. The molecule has 0 spiro atoms. The molecule has 0 aliphatic rings. The van der Waals surface area contributed by atoms with Crippen molar-refractivity contribution in [3.8, 4) is 0 Å². The van der Waals surface area contributed by atoms with Gasteiger partial charge in [0.1, 0.15) is 18.8 Å². The summed E-state index contributed by atoms with van der Waals surface area (Å²) >= 11 is 1.18. The lowest BCUT2D eigenvalue weighted by Crippen LogP contribution is -2.37. The van der Waals surface area contributed by atoms with Crippen LogP contribution in [0, 0.1) is 0 Å². The first-order chi connectivity index (χ1) is 7.90. The molecular formula is C9H17NO6S. The number of hydrogen-bond acceptors (Lipinski definition) is 7. The van der Waals surface area contributed by atoms with Crippen molar-refractivity contribution in [3.63, 3.8) is 0 Å². The summed E-state index contributed by atoms with van der Waals surface area (Å²) in [5.41, 5.74) is 5.25. The number of carbonyl (C=O) groups excluding carboxylic acids is 1. The average molecular weight is 267 g/mol. The molecule has 0 aromatic heterocycles. The van der Waals surface area contributed by atoms with Crippen LogP contribution in [-0.2, 0) is 9.59 Å². The third-order valence-electron chi connectivity index (χ3n) is 2.03. The number of thioether (sulfide) groups is 1. The van der Waals surface area contributed by atoms with E-state index in [0.29, 0.717) is 5.75 Å². The molecule has 100 valence electrons. The summed E-state index contributed by atoms with van der Waals surface area (Å²) in [6, 6.07) is -0.955. The van der Waals surface area contributed by atoms with Crippen molar-refractivity contribution < 1.29 is 30.0 Å². The number of nitrogens with two attached hydrogens (primary N) is 1. The van der Waals surface area contributed by atoms with Gasteiger partial charge in [-0.3, -0.25) is 9.59 Å². The molecule has 0 aliphatic carbocycles.